The first-order chi connectivity index (χ1) is 13.9. The van der Waals surface area contributed by atoms with Gasteiger partial charge in [0.15, 0.2) is 29.4 Å². The van der Waals surface area contributed by atoms with Crippen LogP contribution in [0.3, 0.4) is 0 Å². The van der Waals surface area contributed by atoms with Gasteiger partial charge >= 0.3 is 5.97 Å². The van der Waals surface area contributed by atoms with E-state index in [9.17, 15) is 9.59 Å². The summed E-state index contributed by atoms with van der Waals surface area (Å²) >= 11 is 0. The second kappa shape index (κ2) is 7.91. The number of esters is 1. The molecule has 1 aromatic carbocycles. The smallest absolute Gasteiger partial charge is 0.313 e. The van der Waals surface area contributed by atoms with Crippen LogP contribution >= 0.6 is 0 Å². The molecule has 4 atom stereocenters. The number of rotatable bonds is 7. The zero-order valence-electron chi connectivity index (χ0n) is 16.5. The Morgan fingerprint density at radius 1 is 1.17 bits per heavy atom. The van der Waals surface area contributed by atoms with Crippen LogP contribution in [0.5, 0.6) is 11.5 Å². The molecule has 158 valence electrons. The van der Waals surface area contributed by atoms with E-state index in [2.05, 4.69) is 0 Å². The molecule has 2 fully saturated rings. The molecule has 0 amide bonds. The van der Waals surface area contributed by atoms with Crippen LogP contribution in [0, 0.1) is 0 Å². The van der Waals surface area contributed by atoms with Crippen molar-refractivity contribution < 1.29 is 42.7 Å². The lowest BCUT2D eigenvalue weighted by molar-refractivity contribution is -0.218. The average Bonchev–Trinajstić information content (AvgIpc) is 3.31. The number of carbonyl (C=O) groups excluding carboxylic acids is 2. The number of ketones is 1. The second-order valence-corrected chi connectivity index (χ2v) is 7.44. The van der Waals surface area contributed by atoms with E-state index in [1.807, 2.05) is 12.1 Å². The fourth-order valence-corrected chi connectivity index (χ4v) is 3.60. The maximum atomic E-state index is 12.6. The van der Waals surface area contributed by atoms with Gasteiger partial charge in [-0.15, -0.1) is 0 Å². The van der Waals surface area contributed by atoms with Gasteiger partial charge in [0, 0.05) is 0 Å². The van der Waals surface area contributed by atoms with Gasteiger partial charge in [0.25, 0.3) is 0 Å². The molecule has 29 heavy (non-hydrogen) atoms. The maximum absolute atomic E-state index is 12.6. The SMILES string of the molecule is CCOC(=O)CC(=O)[C@H]1O[C@@H]2OC(C)(C)O[C@@H]2[C@H]1OCc1ccc2c(c1)OCO2. The normalized spacial score (nSPS) is 28.9. The summed E-state index contributed by atoms with van der Waals surface area (Å²) in [6.07, 6.45) is -3.45. The predicted octanol–water partition coefficient (Wildman–Crippen LogP) is 1.70. The molecule has 2 saturated heterocycles. The van der Waals surface area contributed by atoms with E-state index >= 15 is 0 Å². The highest BCUT2D eigenvalue weighted by molar-refractivity contribution is 5.98. The van der Waals surface area contributed by atoms with Crippen molar-refractivity contribution in [1.82, 2.24) is 0 Å². The third-order valence-corrected chi connectivity index (χ3v) is 4.81. The number of fused-ring (bicyclic) bond motifs is 2. The van der Waals surface area contributed by atoms with Gasteiger partial charge < -0.3 is 33.2 Å². The Balaban J connectivity index is 1.46. The maximum Gasteiger partial charge on any atom is 0.313 e. The van der Waals surface area contributed by atoms with Gasteiger partial charge in [-0.3, -0.25) is 9.59 Å². The molecule has 0 bridgehead atoms. The van der Waals surface area contributed by atoms with Gasteiger partial charge in [0.2, 0.25) is 6.79 Å². The number of hydrogen-bond acceptors (Lipinski definition) is 9. The zero-order chi connectivity index (χ0) is 20.6. The van der Waals surface area contributed by atoms with Crippen molar-refractivity contribution in [3.05, 3.63) is 23.8 Å². The third kappa shape index (κ3) is 4.23. The summed E-state index contributed by atoms with van der Waals surface area (Å²) in [6, 6.07) is 5.48. The van der Waals surface area contributed by atoms with Gasteiger partial charge in [0.05, 0.1) is 13.2 Å². The number of ether oxygens (including phenoxy) is 7. The third-order valence-electron chi connectivity index (χ3n) is 4.81. The minimum absolute atomic E-state index is 0.185. The number of benzene rings is 1. The lowest BCUT2D eigenvalue weighted by atomic mass is 10.0. The van der Waals surface area contributed by atoms with E-state index in [-0.39, 0.29) is 20.0 Å². The van der Waals surface area contributed by atoms with Crippen LogP contribution in [0.25, 0.3) is 0 Å². The summed E-state index contributed by atoms with van der Waals surface area (Å²) in [6.45, 7) is 5.79. The number of Topliss-reactive ketones (excluding diaryl/α,β-unsaturated/α-hetero) is 1. The van der Waals surface area contributed by atoms with Crippen molar-refractivity contribution in [2.45, 2.75) is 64.2 Å². The Hall–Kier alpha value is -2.20. The topological polar surface area (TPSA) is 98.8 Å². The Morgan fingerprint density at radius 3 is 2.76 bits per heavy atom. The summed E-state index contributed by atoms with van der Waals surface area (Å²) in [5.74, 6) is -0.573. The lowest BCUT2D eigenvalue weighted by Gasteiger charge is -2.25. The van der Waals surface area contributed by atoms with Crippen LogP contribution in [0.15, 0.2) is 18.2 Å². The largest absolute Gasteiger partial charge is 0.466 e. The Morgan fingerprint density at radius 2 is 1.97 bits per heavy atom. The molecule has 0 spiro atoms. The molecule has 3 aliphatic rings. The molecule has 0 saturated carbocycles. The quantitative estimate of drug-likeness (QED) is 0.493. The van der Waals surface area contributed by atoms with Crippen molar-refractivity contribution in [2.24, 2.45) is 0 Å². The van der Waals surface area contributed by atoms with E-state index in [0.717, 1.165) is 5.56 Å². The van der Waals surface area contributed by atoms with E-state index in [1.165, 1.54) is 0 Å². The highest BCUT2D eigenvalue weighted by atomic mass is 16.8. The molecule has 3 heterocycles. The lowest BCUT2D eigenvalue weighted by Crippen LogP contribution is -2.41. The standard InChI is InChI=1S/C20H24O9/c1-4-23-15(22)8-12(21)16-17(18-19(27-16)29-20(2,3)28-18)24-9-11-5-6-13-14(7-11)26-10-25-13/h5-7,16-19H,4,8-10H2,1-3H3/t16-,17+,18-,19-/m1/s1. The molecule has 0 N–H and O–H groups in total. The molecular formula is C20H24O9. The van der Waals surface area contributed by atoms with Gasteiger partial charge in [-0.25, -0.2) is 0 Å². The fourth-order valence-electron chi connectivity index (χ4n) is 3.60. The minimum atomic E-state index is -0.987. The Labute approximate surface area is 168 Å². The fraction of sp³-hybridized carbons (Fsp3) is 0.600. The van der Waals surface area contributed by atoms with Crippen molar-refractivity contribution in [3.63, 3.8) is 0 Å². The predicted molar refractivity (Wildman–Crippen MR) is 96.1 cm³/mol. The van der Waals surface area contributed by atoms with Gasteiger partial charge in [-0.05, 0) is 38.5 Å². The molecular weight excluding hydrogens is 384 g/mol. The van der Waals surface area contributed by atoms with Crippen LogP contribution in [0.4, 0.5) is 0 Å². The number of hydrogen-bond donors (Lipinski definition) is 0. The van der Waals surface area contributed by atoms with Gasteiger partial charge in [0.1, 0.15) is 24.7 Å². The molecule has 0 unspecified atom stereocenters. The highest BCUT2D eigenvalue weighted by Crippen LogP contribution is 2.40. The first kappa shape index (κ1) is 20.1. The molecule has 0 radical (unpaired) electrons. The highest BCUT2D eigenvalue weighted by Gasteiger charge is 2.57. The van der Waals surface area contributed by atoms with Crippen molar-refractivity contribution in [1.29, 1.82) is 0 Å². The van der Waals surface area contributed by atoms with Crippen molar-refractivity contribution in [3.8, 4) is 11.5 Å². The van der Waals surface area contributed by atoms with E-state index in [4.69, 9.17) is 33.2 Å². The first-order valence-corrected chi connectivity index (χ1v) is 9.56. The molecule has 1 aromatic rings. The van der Waals surface area contributed by atoms with Gasteiger partial charge in [-0.1, -0.05) is 6.07 Å². The van der Waals surface area contributed by atoms with Crippen LogP contribution in [-0.4, -0.2) is 55.5 Å². The van der Waals surface area contributed by atoms with Crippen LogP contribution < -0.4 is 9.47 Å². The second-order valence-electron chi connectivity index (χ2n) is 7.44. The molecule has 0 aliphatic carbocycles. The first-order valence-electron chi connectivity index (χ1n) is 9.56. The summed E-state index contributed by atoms with van der Waals surface area (Å²) < 4.78 is 39.0. The molecule has 9 heteroatoms. The molecule has 9 nitrogen and oxygen atoms in total. The average molecular weight is 408 g/mol. The number of carbonyl (C=O) groups is 2. The monoisotopic (exact) mass is 408 g/mol. The summed E-state index contributed by atoms with van der Waals surface area (Å²) in [5.41, 5.74) is 0.840. The molecule has 4 rings (SSSR count). The Kier molecular flexibility index (Phi) is 5.48. The van der Waals surface area contributed by atoms with E-state index in [0.29, 0.717) is 11.5 Å². The van der Waals surface area contributed by atoms with E-state index in [1.54, 1.807) is 26.8 Å². The summed E-state index contributed by atoms with van der Waals surface area (Å²) in [4.78, 5) is 24.4. The van der Waals surface area contributed by atoms with Crippen molar-refractivity contribution >= 4 is 11.8 Å². The van der Waals surface area contributed by atoms with Crippen LogP contribution in [0.2, 0.25) is 0 Å². The summed E-state index contributed by atoms with van der Waals surface area (Å²) in [7, 11) is 0. The Bertz CT molecular complexity index is 790. The van der Waals surface area contributed by atoms with Crippen LogP contribution in [0.1, 0.15) is 32.8 Å². The van der Waals surface area contributed by atoms with Crippen molar-refractivity contribution in [2.75, 3.05) is 13.4 Å². The summed E-state index contributed by atoms with van der Waals surface area (Å²) in [5, 5.41) is 0. The van der Waals surface area contributed by atoms with Gasteiger partial charge in [-0.2, -0.15) is 0 Å². The molecule has 0 aromatic heterocycles. The zero-order valence-corrected chi connectivity index (χ0v) is 16.5. The van der Waals surface area contributed by atoms with Crippen LogP contribution in [-0.2, 0) is 39.9 Å². The molecule has 3 aliphatic heterocycles. The van der Waals surface area contributed by atoms with E-state index < -0.39 is 48.6 Å². The minimum Gasteiger partial charge on any atom is -0.466 e.